The van der Waals surface area contributed by atoms with Crippen molar-refractivity contribution in [2.45, 2.75) is 71.0 Å². The van der Waals surface area contributed by atoms with Crippen LogP contribution in [0.4, 0.5) is 10.1 Å². The highest BCUT2D eigenvalue weighted by molar-refractivity contribution is 5.86. The lowest BCUT2D eigenvalue weighted by Gasteiger charge is -2.36. The zero-order chi connectivity index (χ0) is 27.4. The summed E-state index contributed by atoms with van der Waals surface area (Å²) in [6, 6.07) is 12.4. The van der Waals surface area contributed by atoms with Crippen molar-refractivity contribution in [2.75, 3.05) is 38.0 Å². The third-order valence-electron chi connectivity index (χ3n) is 8.30. The Bertz CT molecular complexity index is 1390. The summed E-state index contributed by atoms with van der Waals surface area (Å²) >= 11 is 0. The van der Waals surface area contributed by atoms with E-state index >= 15 is 4.39 Å². The Labute approximate surface area is 231 Å². The summed E-state index contributed by atoms with van der Waals surface area (Å²) in [4.78, 5) is 9.62. The fraction of sp³-hybridized carbons (Fsp3) is 0.500. The number of hydrogen-bond donors (Lipinski definition) is 1. The Morgan fingerprint density at radius 3 is 2.54 bits per heavy atom. The molecule has 0 spiro atoms. The average Bonchev–Trinajstić information content (AvgIpc) is 3.62. The number of pyridine rings is 1. The van der Waals surface area contributed by atoms with Gasteiger partial charge in [0.2, 0.25) is 0 Å². The first-order valence-corrected chi connectivity index (χ1v) is 14.3. The van der Waals surface area contributed by atoms with E-state index in [1.807, 2.05) is 43.5 Å². The standard InChI is InChI=1S/C32H39FN6/c1-4-39-27(8-7-15-35-25-10-12-30(36-21-25)32(2,3)23-34)20-28-24(9-11-29(33)31(28)39)22-37-18-13-26(14-19-37)38-16-5-6-17-38/h9-12,20-21,26,35H,4-6,13-19,22H2,1-3H3. The lowest BCUT2D eigenvalue weighted by molar-refractivity contribution is 0.123. The molecule has 39 heavy (non-hydrogen) atoms. The fourth-order valence-corrected chi connectivity index (χ4v) is 5.96. The predicted octanol–water partition coefficient (Wildman–Crippen LogP) is 5.52. The number of rotatable bonds is 7. The topological polar surface area (TPSA) is 60.1 Å². The molecular weight excluding hydrogens is 487 g/mol. The first kappa shape index (κ1) is 27.2. The van der Waals surface area contributed by atoms with Crippen molar-refractivity contribution < 1.29 is 4.39 Å². The molecule has 0 bridgehead atoms. The van der Waals surface area contributed by atoms with E-state index in [4.69, 9.17) is 0 Å². The van der Waals surface area contributed by atoms with Gasteiger partial charge in [-0.3, -0.25) is 9.88 Å². The number of halogens is 1. The molecule has 2 saturated heterocycles. The smallest absolute Gasteiger partial charge is 0.147 e. The summed E-state index contributed by atoms with van der Waals surface area (Å²) in [5.74, 6) is 6.27. The van der Waals surface area contributed by atoms with E-state index in [1.165, 1.54) is 44.3 Å². The van der Waals surface area contributed by atoms with Crippen molar-refractivity contribution >= 4 is 16.6 Å². The van der Waals surface area contributed by atoms with Gasteiger partial charge in [-0.2, -0.15) is 5.26 Å². The van der Waals surface area contributed by atoms with Crippen LogP contribution < -0.4 is 5.32 Å². The lowest BCUT2D eigenvalue weighted by atomic mass is 9.91. The predicted molar refractivity (Wildman–Crippen MR) is 155 cm³/mol. The van der Waals surface area contributed by atoms with Gasteiger partial charge in [-0.25, -0.2) is 4.39 Å². The number of piperidine rings is 1. The highest BCUT2D eigenvalue weighted by Crippen LogP contribution is 2.29. The lowest BCUT2D eigenvalue weighted by Crippen LogP contribution is -2.43. The molecule has 1 aromatic carbocycles. The van der Waals surface area contributed by atoms with Crippen LogP contribution in [-0.4, -0.2) is 58.1 Å². The molecule has 5 rings (SSSR count). The number of aromatic nitrogens is 2. The second-order valence-electron chi connectivity index (χ2n) is 11.3. The van der Waals surface area contributed by atoms with Gasteiger partial charge in [0.15, 0.2) is 0 Å². The largest absolute Gasteiger partial charge is 0.373 e. The van der Waals surface area contributed by atoms with Gasteiger partial charge in [0.05, 0.1) is 46.8 Å². The molecule has 4 heterocycles. The molecule has 2 aliphatic heterocycles. The van der Waals surface area contributed by atoms with Crippen molar-refractivity contribution in [3.63, 3.8) is 0 Å². The SMILES string of the molecule is CCn1c(C#CCNc2ccc(C(C)(C)C#N)nc2)cc2c(CN3CCC(N4CCCC4)CC3)ccc(F)c21. The normalized spacial score (nSPS) is 17.2. The molecule has 2 aliphatic rings. The molecular formula is C32H39FN6. The monoisotopic (exact) mass is 526 g/mol. The van der Waals surface area contributed by atoms with Crippen LogP contribution >= 0.6 is 0 Å². The van der Waals surface area contributed by atoms with Crippen molar-refractivity contribution in [1.29, 1.82) is 5.26 Å². The summed E-state index contributed by atoms with van der Waals surface area (Å²) in [7, 11) is 0. The van der Waals surface area contributed by atoms with E-state index < -0.39 is 5.41 Å². The van der Waals surface area contributed by atoms with Gasteiger partial charge in [0, 0.05) is 24.5 Å². The maximum atomic E-state index is 15.1. The first-order chi connectivity index (χ1) is 18.9. The molecule has 2 aromatic heterocycles. The minimum atomic E-state index is -0.621. The Morgan fingerprint density at radius 1 is 1.10 bits per heavy atom. The number of nitriles is 1. The zero-order valence-corrected chi connectivity index (χ0v) is 23.4. The molecule has 0 radical (unpaired) electrons. The quantitative estimate of drug-likeness (QED) is 0.411. The van der Waals surface area contributed by atoms with Crippen LogP contribution in [0, 0.1) is 29.0 Å². The van der Waals surface area contributed by atoms with Gasteiger partial charge in [-0.15, -0.1) is 0 Å². The Morgan fingerprint density at radius 2 is 1.87 bits per heavy atom. The van der Waals surface area contributed by atoms with Gasteiger partial charge in [0.25, 0.3) is 0 Å². The Kier molecular flexibility index (Phi) is 8.21. The zero-order valence-electron chi connectivity index (χ0n) is 23.4. The van der Waals surface area contributed by atoms with Crippen molar-refractivity contribution in [1.82, 2.24) is 19.4 Å². The van der Waals surface area contributed by atoms with Crippen molar-refractivity contribution in [2.24, 2.45) is 0 Å². The molecule has 1 N–H and O–H groups in total. The molecule has 6 nitrogen and oxygen atoms in total. The first-order valence-electron chi connectivity index (χ1n) is 14.3. The summed E-state index contributed by atoms with van der Waals surface area (Å²) in [5, 5.41) is 13.5. The third-order valence-corrected chi connectivity index (χ3v) is 8.30. The number of nitrogens with one attached hydrogen (secondary N) is 1. The maximum absolute atomic E-state index is 15.1. The molecule has 0 amide bonds. The number of anilines is 1. The van der Waals surface area contributed by atoms with Gasteiger partial charge < -0.3 is 14.8 Å². The van der Waals surface area contributed by atoms with Crippen LogP contribution in [0.5, 0.6) is 0 Å². The second kappa shape index (κ2) is 11.8. The highest BCUT2D eigenvalue weighted by Gasteiger charge is 2.27. The van der Waals surface area contributed by atoms with E-state index in [-0.39, 0.29) is 5.82 Å². The van der Waals surface area contributed by atoms with Crippen LogP contribution in [0.1, 0.15) is 63.4 Å². The van der Waals surface area contributed by atoms with Crippen LogP contribution in [0.3, 0.4) is 0 Å². The molecule has 3 aromatic rings. The third kappa shape index (κ3) is 5.96. The number of nitrogens with zero attached hydrogens (tertiary/aromatic N) is 5. The second-order valence-corrected chi connectivity index (χ2v) is 11.3. The van der Waals surface area contributed by atoms with E-state index in [2.05, 4.69) is 44.1 Å². The number of likely N-dealkylation sites (tertiary alicyclic amines) is 2. The Balaban J connectivity index is 1.27. The summed E-state index contributed by atoms with van der Waals surface area (Å²) in [6.07, 6.45) is 6.86. The molecule has 0 unspecified atom stereocenters. The minimum Gasteiger partial charge on any atom is -0.373 e. The number of hydrogen-bond acceptors (Lipinski definition) is 5. The molecule has 0 atom stereocenters. The summed E-state index contributed by atoms with van der Waals surface area (Å²) in [6.45, 7) is 12.4. The highest BCUT2D eigenvalue weighted by atomic mass is 19.1. The summed E-state index contributed by atoms with van der Waals surface area (Å²) < 4.78 is 17.0. The molecule has 2 fully saturated rings. The van der Waals surface area contributed by atoms with E-state index in [1.54, 1.807) is 12.3 Å². The molecule has 7 heteroatoms. The molecule has 204 valence electrons. The van der Waals surface area contributed by atoms with E-state index in [0.29, 0.717) is 18.6 Å². The minimum absolute atomic E-state index is 0.194. The van der Waals surface area contributed by atoms with E-state index in [0.717, 1.165) is 48.1 Å². The van der Waals surface area contributed by atoms with Crippen LogP contribution in [0.15, 0.2) is 36.5 Å². The van der Waals surface area contributed by atoms with Crippen LogP contribution in [0.25, 0.3) is 10.9 Å². The van der Waals surface area contributed by atoms with Gasteiger partial charge in [-0.05, 0) is 108 Å². The van der Waals surface area contributed by atoms with Crippen molar-refractivity contribution in [3.05, 3.63) is 59.3 Å². The maximum Gasteiger partial charge on any atom is 0.147 e. The average molecular weight is 527 g/mol. The molecule has 0 aliphatic carbocycles. The van der Waals surface area contributed by atoms with Crippen LogP contribution in [-0.2, 0) is 18.5 Å². The number of benzene rings is 1. The fourth-order valence-electron chi connectivity index (χ4n) is 5.96. The van der Waals surface area contributed by atoms with Gasteiger partial charge in [0.1, 0.15) is 5.82 Å². The number of fused-ring (bicyclic) bond motifs is 1. The van der Waals surface area contributed by atoms with Gasteiger partial charge in [-0.1, -0.05) is 12.0 Å². The molecule has 0 saturated carbocycles. The Hall–Kier alpha value is -3.39. The summed E-state index contributed by atoms with van der Waals surface area (Å²) in [5.41, 5.74) is 3.62. The van der Waals surface area contributed by atoms with Crippen LogP contribution in [0.2, 0.25) is 0 Å². The van der Waals surface area contributed by atoms with Gasteiger partial charge >= 0.3 is 0 Å². The van der Waals surface area contributed by atoms with Crippen molar-refractivity contribution in [3.8, 4) is 17.9 Å². The van der Waals surface area contributed by atoms with E-state index in [9.17, 15) is 5.26 Å². The number of aryl methyl sites for hydroxylation is 1.